The molecule has 2 aliphatic heterocycles. The molecule has 6 nitrogen and oxygen atoms in total. The molecule has 1 amide bonds. The summed E-state index contributed by atoms with van der Waals surface area (Å²) >= 11 is 6.14. The summed E-state index contributed by atoms with van der Waals surface area (Å²) in [4.78, 5) is 17.2. The zero-order chi connectivity index (χ0) is 19.5. The Morgan fingerprint density at radius 1 is 1.11 bits per heavy atom. The quantitative estimate of drug-likeness (QED) is 0.833. The Labute approximate surface area is 170 Å². The fourth-order valence-corrected chi connectivity index (χ4v) is 3.75. The number of anilines is 1. The van der Waals surface area contributed by atoms with Crippen LogP contribution in [0.4, 0.5) is 5.69 Å². The van der Waals surface area contributed by atoms with Crippen molar-refractivity contribution in [3.8, 4) is 11.5 Å². The van der Waals surface area contributed by atoms with Gasteiger partial charge in [0.1, 0.15) is 0 Å². The summed E-state index contributed by atoms with van der Waals surface area (Å²) in [5, 5.41) is 3.48. The minimum absolute atomic E-state index is 0.0303. The Morgan fingerprint density at radius 3 is 2.64 bits per heavy atom. The van der Waals surface area contributed by atoms with Crippen LogP contribution in [0, 0.1) is 0 Å². The minimum Gasteiger partial charge on any atom is -0.454 e. The maximum atomic E-state index is 12.6. The molecule has 1 fully saturated rings. The Bertz CT molecular complexity index is 853. The number of para-hydroxylation sites is 1. The van der Waals surface area contributed by atoms with Gasteiger partial charge in [0.05, 0.1) is 16.8 Å². The Balaban J connectivity index is 1.28. The van der Waals surface area contributed by atoms with E-state index >= 15 is 0 Å². The number of hydrogen-bond acceptors (Lipinski definition) is 5. The molecule has 1 atom stereocenters. The van der Waals surface area contributed by atoms with E-state index in [0.717, 1.165) is 44.2 Å². The predicted octanol–water partition coefficient (Wildman–Crippen LogP) is 3.21. The normalized spacial score (nSPS) is 18.1. The molecule has 0 aromatic heterocycles. The van der Waals surface area contributed by atoms with Crippen molar-refractivity contribution in [1.82, 2.24) is 9.80 Å². The van der Waals surface area contributed by atoms with Crippen molar-refractivity contribution in [2.75, 3.05) is 38.3 Å². The summed E-state index contributed by atoms with van der Waals surface area (Å²) in [6.45, 7) is 6.63. The summed E-state index contributed by atoms with van der Waals surface area (Å²) in [7, 11) is 0. The van der Waals surface area contributed by atoms with Gasteiger partial charge in [-0.25, -0.2) is 0 Å². The van der Waals surface area contributed by atoms with Crippen LogP contribution in [0.5, 0.6) is 11.5 Å². The van der Waals surface area contributed by atoms with Crippen LogP contribution in [0.2, 0.25) is 5.02 Å². The summed E-state index contributed by atoms with van der Waals surface area (Å²) < 4.78 is 10.8. The second kappa shape index (κ2) is 8.39. The van der Waals surface area contributed by atoms with Crippen LogP contribution in [-0.2, 0) is 11.3 Å². The predicted molar refractivity (Wildman–Crippen MR) is 109 cm³/mol. The Kier molecular flexibility index (Phi) is 5.71. The Morgan fingerprint density at radius 2 is 1.86 bits per heavy atom. The first kappa shape index (κ1) is 19.1. The highest BCUT2D eigenvalue weighted by Gasteiger charge is 2.26. The van der Waals surface area contributed by atoms with E-state index in [1.807, 2.05) is 37.3 Å². The highest BCUT2D eigenvalue weighted by molar-refractivity contribution is 6.33. The number of ether oxygens (including phenoxy) is 2. The van der Waals surface area contributed by atoms with E-state index in [-0.39, 0.29) is 11.9 Å². The Hall–Kier alpha value is -2.28. The molecule has 2 aliphatic rings. The second-order valence-electron chi connectivity index (χ2n) is 7.14. The van der Waals surface area contributed by atoms with E-state index < -0.39 is 0 Å². The third-order valence-corrected chi connectivity index (χ3v) is 5.64. The number of carbonyl (C=O) groups excluding carboxylic acids is 1. The highest BCUT2D eigenvalue weighted by atomic mass is 35.5. The molecule has 7 heteroatoms. The topological polar surface area (TPSA) is 54.0 Å². The number of carbonyl (C=O) groups is 1. The maximum Gasteiger partial charge on any atom is 0.241 e. The first-order chi connectivity index (χ1) is 13.6. The molecule has 4 rings (SSSR count). The molecule has 0 bridgehead atoms. The number of amides is 1. The summed E-state index contributed by atoms with van der Waals surface area (Å²) in [6, 6.07) is 13.2. The van der Waals surface area contributed by atoms with E-state index in [4.69, 9.17) is 21.1 Å². The van der Waals surface area contributed by atoms with Gasteiger partial charge in [-0.05, 0) is 36.8 Å². The number of halogens is 1. The molecule has 148 valence electrons. The fourth-order valence-electron chi connectivity index (χ4n) is 3.57. The zero-order valence-corrected chi connectivity index (χ0v) is 16.6. The van der Waals surface area contributed by atoms with Crippen LogP contribution < -0.4 is 14.8 Å². The second-order valence-corrected chi connectivity index (χ2v) is 7.55. The molecule has 2 heterocycles. The monoisotopic (exact) mass is 401 g/mol. The molecule has 0 spiro atoms. The first-order valence-corrected chi connectivity index (χ1v) is 9.88. The third kappa shape index (κ3) is 4.24. The number of nitrogens with zero attached hydrogens (tertiary/aromatic N) is 2. The lowest BCUT2D eigenvalue weighted by atomic mass is 10.1. The SMILES string of the molecule is CC(C(=O)Nc1ccccc1Cl)N1CCN(Cc2ccc3c(c2)OCO3)CC1. The van der Waals surface area contributed by atoms with Gasteiger partial charge in [-0.2, -0.15) is 0 Å². The van der Waals surface area contributed by atoms with E-state index in [9.17, 15) is 4.79 Å². The van der Waals surface area contributed by atoms with Crippen LogP contribution in [0.15, 0.2) is 42.5 Å². The van der Waals surface area contributed by atoms with Crippen LogP contribution in [0.25, 0.3) is 0 Å². The molecule has 2 aromatic rings. The third-order valence-electron chi connectivity index (χ3n) is 5.31. The number of hydrogen-bond donors (Lipinski definition) is 1. The van der Waals surface area contributed by atoms with Gasteiger partial charge in [0.25, 0.3) is 0 Å². The molecule has 1 unspecified atom stereocenters. The number of fused-ring (bicyclic) bond motifs is 1. The smallest absolute Gasteiger partial charge is 0.241 e. The molecule has 28 heavy (non-hydrogen) atoms. The molecule has 0 saturated carbocycles. The average Bonchev–Trinajstić information content (AvgIpc) is 3.17. The summed E-state index contributed by atoms with van der Waals surface area (Å²) in [5.74, 6) is 1.60. The maximum absolute atomic E-state index is 12.6. The lowest BCUT2D eigenvalue weighted by Crippen LogP contribution is -2.52. The van der Waals surface area contributed by atoms with E-state index in [1.54, 1.807) is 6.07 Å². The van der Waals surface area contributed by atoms with Gasteiger partial charge in [-0.15, -0.1) is 0 Å². The summed E-state index contributed by atoms with van der Waals surface area (Å²) in [6.07, 6.45) is 0. The van der Waals surface area contributed by atoms with Crippen molar-refractivity contribution in [2.45, 2.75) is 19.5 Å². The minimum atomic E-state index is -0.205. The molecular weight excluding hydrogens is 378 g/mol. The van der Waals surface area contributed by atoms with Gasteiger partial charge < -0.3 is 14.8 Å². The molecule has 1 saturated heterocycles. The van der Waals surface area contributed by atoms with Gasteiger partial charge in [0.15, 0.2) is 11.5 Å². The highest BCUT2D eigenvalue weighted by Crippen LogP contribution is 2.32. The molecular formula is C21H24ClN3O3. The van der Waals surface area contributed by atoms with Crippen molar-refractivity contribution in [3.05, 3.63) is 53.1 Å². The molecule has 1 N–H and O–H groups in total. The van der Waals surface area contributed by atoms with Crippen molar-refractivity contribution in [1.29, 1.82) is 0 Å². The zero-order valence-electron chi connectivity index (χ0n) is 15.9. The van der Waals surface area contributed by atoms with Gasteiger partial charge >= 0.3 is 0 Å². The average molecular weight is 402 g/mol. The van der Waals surface area contributed by atoms with Gasteiger partial charge in [-0.3, -0.25) is 14.6 Å². The molecule has 0 radical (unpaired) electrons. The first-order valence-electron chi connectivity index (χ1n) is 9.50. The summed E-state index contributed by atoms with van der Waals surface area (Å²) in [5.41, 5.74) is 1.87. The fraction of sp³-hybridized carbons (Fsp3) is 0.381. The molecule has 0 aliphatic carbocycles. The van der Waals surface area contributed by atoms with Crippen molar-refractivity contribution < 1.29 is 14.3 Å². The van der Waals surface area contributed by atoms with Crippen LogP contribution in [0.3, 0.4) is 0 Å². The van der Waals surface area contributed by atoms with Crippen LogP contribution >= 0.6 is 11.6 Å². The number of nitrogens with one attached hydrogen (secondary N) is 1. The number of piperazine rings is 1. The standard InChI is InChI=1S/C21H24ClN3O3/c1-15(21(26)23-18-5-3-2-4-17(18)22)25-10-8-24(9-11-25)13-16-6-7-19-20(12-16)28-14-27-19/h2-7,12,15H,8-11,13-14H2,1H3,(H,23,26). The van der Waals surface area contributed by atoms with Gasteiger partial charge in [-0.1, -0.05) is 29.8 Å². The molecule has 2 aromatic carbocycles. The largest absolute Gasteiger partial charge is 0.454 e. The van der Waals surface area contributed by atoms with Gasteiger partial charge in [0, 0.05) is 32.7 Å². The van der Waals surface area contributed by atoms with E-state index in [1.165, 1.54) is 5.56 Å². The van der Waals surface area contributed by atoms with Crippen molar-refractivity contribution in [2.24, 2.45) is 0 Å². The van der Waals surface area contributed by atoms with Crippen molar-refractivity contribution in [3.63, 3.8) is 0 Å². The van der Waals surface area contributed by atoms with Crippen LogP contribution in [0.1, 0.15) is 12.5 Å². The van der Waals surface area contributed by atoms with Crippen molar-refractivity contribution >= 4 is 23.2 Å². The lowest BCUT2D eigenvalue weighted by molar-refractivity contribution is -0.121. The van der Waals surface area contributed by atoms with Gasteiger partial charge in [0.2, 0.25) is 12.7 Å². The number of benzene rings is 2. The van der Waals surface area contributed by atoms with E-state index in [0.29, 0.717) is 17.5 Å². The number of rotatable bonds is 5. The lowest BCUT2D eigenvalue weighted by Gasteiger charge is -2.37. The van der Waals surface area contributed by atoms with E-state index in [2.05, 4.69) is 21.2 Å². The van der Waals surface area contributed by atoms with Crippen LogP contribution in [-0.4, -0.2) is 54.7 Å².